The minimum Gasteiger partial charge on any atom is -0.365 e. The number of aromatic nitrogens is 3. The summed E-state index contributed by atoms with van der Waals surface area (Å²) in [5.74, 6) is -1.04. The fraction of sp³-hybridized carbons (Fsp3) is 0.417. The number of anilines is 1. The van der Waals surface area contributed by atoms with Crippen molar-refractivity contribution < 1.29 is 9.18 Å². The molecular formula is C24H27FN6O2. The Balaban J connectivity index is 1.27. The zero-order valence-corrected chi connectivity index (χ0v) is 18.7. The molecule has 0 radical (unpaired) electrons. The fourth-order valence-corrected chi connectivity index (χ4v) is 4.87. The van der Waals surface area contributed by atoms with Crippen LogP contribution >= 0.6 is 0 Å². The first-order valence-electron chi connectivity index (χ1n) is 11.4. The van der Waals surface area contributed by atoms with Crippen LogP contribution in [0.1, 0.15) is 40.0 Å². The summed E-state index contributed by atoms with van der Waals surface area (Å²) < 4.78 is 14.5. The number of fused-ring (bicyclic) bond motifs is 3. The monoisotopic (exact) mass is 450 g/mol. The van der Waals surface area contributed by atoms with Crippen molar-refractivity contribution in [2.45, 2.75) is 32.2 Å². The molecule has 2 N–H and O–H groups in total. The van der Waals surface area contributed by atoms with Gasteiger partial charge in [-0.3, -0.25) is 19.5 Å². The SMILES string of the molecule is CNC(=O)c1ccc(N2CCN(Cc3cnc4c5c(c(=O)[nH]c4c3)CCCC5)CC2)c(F)n1. The molecule has 1 aliphatic carbocycles. The smallest absolute Gasteiger partial charge is 0.269 e. The van der Waals surface area contributed by atoms with E-state index in [-0.39, 0.29) is 11.3 Å². The molecule has 172 valence electrons. The molecule has 0 saturated carbocycles. The van der Waals surface area contributed by atoms with Crippen LogP contribution in [-0.4, -0.2) is 59.0 Å². The van der Waals surface area contributed by atoms with Crippen molar-refractivity contribution in [3.63, 3.8) is 0 Å². The second-order valence-electron chi connectivity index (χ2n) is 8.71. The van der Waals surface area contributed by atoms with E-state index in [2.05, 4.69) is 20.2 Å². The van der Waals surface area contributed by atoms with Gasteiger partial charge in [0.25, 0.3) is 11.5 Å². The number of aryl methyl sites for hydroxylation is 1. The fourth-order valence-electron chi connectivity index (χ4n) is 4.87. The third-order valence-electron chi connectivity index (χ3n) is 6.63. The maximum Gasteiger partial charge on any atom is 0.269 e. The molecule has 8 nitrogen and oxygen atoms in total. The molecule has 0 bridgehead atoms. The van der Waals surface area contributed by atoms with Gasteiger partial charge in [0, 0.05) is 51.5 Å². The third-order valence-corrected chi connectivity index (χ3v) is 6.63. The molecule has 2 aliphatic rings. The zero-order valence-electron chi connectivity index (χ0n) is 18.7. The lowest BCUT2D eigenvalue weighted by Gasteiger charge is -2.36. The molecule has 0 unspecified atom stereocenters. The average Bonchev–Trinajstić information content (AvgIpc) is 2.84. The summed E-state index contributed by atoms with van der Waals surface area (Å²) in [6.45, 7) is 3.55. The number of amides is 1. The predicted octanol–water partition coefficient (Wildman–Crippen LogP) is 2.02. The first-order valence-corrected chi connectivity index (χ1v) is 11.4. The molecule has 5 rings (SSSR count). The maximum absolute atomic E-state index is 14.5. The lowest BCUT2D eigenvalue weighted by molar-refractivity contribution is 0.0957. The summed E-state index contributed by atoms with van der Waals surface area (Å²) in [6, 6.07) is 5.20. The van der Waals surface area contributed by atoms with Crippen LogP contribution in [0.5, 0.6) is 0 Å². The summed E-state index contributed by atoms with van der Waals surface area (Å²) >= 11 is 0. The van der Waals surface area contributed by atoms with Crippen LogP contribution < -0.4 is 15.8 Å². The molecule has 3 aromatic rings. The van der Waals surface area contributed by atoms with Crippen LogP contribution in [-0.2, 0) is 19.4 Å². The maximum atomic E-state index is 14.5. The molecule has 4 heterocycles. The van der Waals surface area contributed by atoms with Crippen molar-refractivity contribution in [2.24, 2.45) is 0 Å². The van der Waals surface area contributed by atoms with Gasteiger partial charge in [0.15, 0.2) is 0 Å². The minimum absolute atomic E-state index is 0.0165. The summed E-state index contributed by atoms with van der Waals surface area (Å²) in [7, 11) is 1.49. The molecule has 1 fully saturated rings. The van der Waals surface area contributed by atoms with E-state index in [1.165, 1.54) is 7.05 Å². The molecule has 9 heteroatoms. The number of pyridine rings is 3. The number of rotatable bonds is 4. The summed E-state index contributed by atoms with van der Waals surface area (Å²) in [5, 5.41) is 2.45. The Morgan fingerprint density at radius 2 is 1.91 bits per heavy atom. The van der Waals surface area contributed by atoms with Gasteiger partial charge in [-0.05, 0) is 55.0 Å². The number of hydrogen-bond acceptors (Lipinski definition) is 6. The molecule has 0 aromatic carbocycles. The van der Waals surface area contributed by atoms with Crippen LogP contribution in [0.15, 0.2) is 29.2 Å². The number of H-pyrrole nitrogens is 1. The summed E-state index contributed by atoms with van der Waals surface area (Å²) in [6.07, 6.45) is 5.81. The van der Waals surface area contributed by atoms with Crippen molar-refractivity contribution in [1.82, 2.24) is 25.2 Å². The van der Waals surface area contributed by atoms with Crippen LogP contribution in [0.25, 0.3) is 11.0 Å². The largest absolute Gasteiger partial charge is 0.365 e. The Bertz CT molecular complexity index is 1270. The third kappa shape index (κ3) is 4.20. The zero-order chi connectivity index (χ0) is 22.9. The van der Waals surface area contributed by atoms with E-state index >= 15 is 0 Å². The van der Waals surface area contributed by atoms with Gasteiger partial charge in [-0.25, -0.2) is 4.98 Å². The summed E-state index contributed by atoms with van der Waals surface area (Å²) in [4.78, 5) is 39.9. The second kappa shape index (κ2) is 8.90. The van der Waals surface area contributed by atoms with Crippen LogP contribution in [0.2, 0.25) is 0 Å². The van der Waals surface area contributed by atoms with E-state index in [9.17, 15) is 14.0 Å². The number of nitrogens with one attached hydrogen (secondary N) is 2. The number of nitrogens with zero attached hydrogens (tertiary/aromatic N) is 4. The molecular weight excluding hydrogens is 423 g/mol. The van der Waals surface area contributed by atoms with Gasteiger partial charge in [-0.1, -0.05) is 0 Å². The average molecular weight is 451 g/mol. The van der Waals surface area contributed by atoms with Crippen molar-refractivity contribution in [3.05, 3.63) is 63.1 Å². The number of carbonyl (C=O) groups is 1. The van der Waals surface area contributed by atoms with Crippen molar-refractivity contribution >= 4 is 22.6 Å². The van der Waals surface area contributed by atoms with Crippen LogP contribution in [0.3, 0.4) is 0 Å². The molecule has 1 aliphatic heterocycles. The lowest BCUT2D eigenvalue weighted by Crippen LogP contribution is -2.46. The highest BCUT2D eigenvalue weighted by atomic mass is 19.1. The second-order valence-corrected chi connectivity index (χ2v) is 8.71. The molecule has 0 spiro atoms. The molecule has 3 aromatic heterocycles. The number of carbonyl (C=O) groups excluding carboxylic acids is 1. The summed E-state index contributed by atoms with van der Waals surface area (Å²) in [5.41, 5.74) is 5.28. The van der Waals surface area contributed by atoms with E-state index in [0.717, 1.165) is 66.5 Å². The van der Waals surface area contributed by atoms with Gasteiger partial charge in [0.1, 0.15) is 5.69 Å². The number of aromatic amines is 1. The highest BCUT2D eigenvalue weighted by molar-refractivity contribution is 5.92. The first-order chi connectivity index (χ1) is 16.0. The lowest BCUT2D eigenvalue weighted by atomic mass is 9.91. The van der Waals surface area contributed by atoms with Crippen molar-refractivity contribution in [2.75, 3.05) is 38.1 Å². The number of hydrogen-bond donors (Lipinski definition) is 2. The van der Waals surface area contributed by atoms with Crippen LogP contribution in [0, 0.1) is 5.95 Å². The Morgan fingerprint density at radius 3 is 2.64 bits per heavy atom. The van der Waals surface area contributed by atoms with E-state index in [4.69, 9.17) is 4.98 Å². The standard InChI is InChI=1S/C24H27FN6O2/c1-26-24(33)18-6-7-20(22(25)28-18)31-10-8-30(9-11-31)14-15-12-19-21(27-13-15)16-4-2-3-5-17(16)23(32)29-19/h6-7,12-13H,2-5,8-11,14H2,1H3,(H,26,33)(H,29,32). The Labute approximate surface area is 190 Å². The molecule has 1 amide bonds. The quantitative estimate of drug-likeness (QED) is 0.591. The molecule has 1 saturated heterocycles. The van der Waals surface area contributed by atoms with Gasteiger partial charge in [-0.15, -0.1) is 0 Å². The predicted molar refractivity (Wildman–Crippen MR) is 124 cm³/mol. The number of halogens is 1. The van der Waals surface area contributed by atoms with Gasteiger partial charge >= 0.3 is 0 Å². The van der Waals surface area contributed by atoms with E-state index in [1.54, 1.807) is 12.1 Å². The minimum atomic E-state index is -0.629. The topological polar surface area (TPSA) is 94.2 Å². The highest BCUT2D eigenvalue weighted by Gasteiger charge is 2.22. The van der Waals surface area contributed by atoms with Crippen LogP contribution in [0.4, 0.5) is 10.1 Å². The van der Waals surface area contributed by atoms with E-state index in [0.29, 0.717) is 25.3 Å². The van der Waals surface area contributed by atoms with E-state index < -0.39 is 11.9 Å². The Morgan fingerprint density at radius 1 is 1.15 bits per heavy atom. The van der Waals surface area contributed by atoms with Gasteiger partial charge in [0.05, 0.1) is 16.7 Å². The highest BCUT2D eigenvalue weighted by Crippen LogP contribution is 2.25. The normalized spacial score (nSPS) is 16.6. The van der Waals surface area contributed by atoms with Gasteiger partial charge in [0.2, 0.25) is 5.95 Å². The number of piperazine rings is 1. The first kappa shape index (κ1) is 21.5. The molecule has 0 atom stereocenters. The molecule has 33 heavy (non-hydrogen) atoms. The van der Waals surface area contributed by atoms with Gasteiger partial charge < -0.3 is 15.2 Å². The van der Waals surface area contributed by atoms with Crippen molar-refractivity contribution in [3.8, 4) is 0 Å². The van der Waals surface area contributed by atoms with Gasteiger partial charge in [-0.2, -0.15) is 4.39 Å². The van der Waals surface area contributed by atoms with E-state index in [1.807, 2.05) is 17.2 Å². The Hall–Kier alpha value is -3.33. The van der Waals surface area contributed by atoms with Crippen molar-refractivity contribution in [1.29, 1.82) is 0 Å². The Kier molecular flexibility index (Phi) is 5.80.